The molecule has 1 rings (SSSR count). The summed E-state index contributed by atoms with van der Waals surface area (Å²) in [5.74, 6) is -0.277. The highest BCUT2D eigenvalue weighted by Gasteiger charge is 2.25. The molecule has 0 aromatic carbocycles. The number of hydrogen-bond donors (Lipinski definition) is 1. The lowest BCUT2D eigenvalue weighted by molar-refractivity contribution is -0.157. The maximum absolute atomic E-state index is 10.7. The number of alkyl halides is 1. The van der Waals surface area contributed by atoms with Gasteiger partial charge in [-0.3, -0.25) is 4.79 Å². The van der Waals surface area contributed by atoms with Crippen LogP contribution in [0.15, 0.2) is 0 Å². The number of rotatable bonds is 1. The number of carbonyl (C=O) groups is 1. The largest absolute Gasteiger partial charge is 0.461 e. The maximum Gasteiger partial charge on any atom is 0.308 e. The van der Waals surface area contributed by atoms with E-state index in [1.165, 1.54) is 0 Å². The first-order valence-corrected chi connectivity index (χ1v) is 4.68. The minimum absolute atomic E-state index is 0.0724. The van der Waals surface area contributed by atoms with Gasteiger partial charge < -0.3 is 9.84 Å². The van der Waals surface area contributed by atoms with Gasteiger partial charge in [0.25, 0.3) is 0 Å². The highest BCUT2D eigenvalue weighted by Crippen LogP contribution is 2.16. The van der Waals surface area contributed by atoms with Crippen LogP contribution in [0.3, 0.4) is 0 Å². The molecule has 0 aliphatic carbocycles. The molecule has 4 heteroatoms. The van der Waals surface area contributed by atoms with Gasteiger partial charge in [0.2, 0.25) is 0 Å². The van der Waals surface area contributed by atoms with E-state index in [4.69, 9.17) is 9.84 Å². The number of halogens is 1. The molecule has 0 spiro atoms. The second-order valence-electron chi connectivity index (χ2n) is 2.36. The van der Waals surface area contributed by atoms with Crippen molar-refractivity contribution in [3.8, 4) is 0 Å². The van der Waals surface area contributed by atoms with Gasteiger partial charge in [-0.1, -0.05) is 22.6 Å². The zero-order valence-electron chi connectivity index (χ0n) is 5.42. The van der Waals surface area contributed by atoms with E-state index in [0.29, 0.717) is 6.42 Å². The van der Waals surface area contributed by atoms with Gasteiger partial charge in [-0.2, -0.15) is 0 Å². The standard InChI is InChI=1S/C6H9IO3/c7-3-5-1-4(8)2-6(9)10-5/h4-5,8H,1-3H2/t4-,5+/m1/s1. The predicted octanol–water partition coefficient (Wildman–Crippen LogP) is 0.488. The number of aliphatic hydroxyl groups is 1. The molecule has 1 aliphatic rings. The lowest BCUT2D eigenvalue weighted by Crippen LogP contribution is -2.33. The third kappa shape index (κ3) is 2.09. The summed E-state index contributed by atoms with van der Waals surface area (Å²) in [5.41, 5.74) is 0. The van der Waals surface area contributed by atoms with Crippen LogP contribution in [0.1, 0.15) is 12.8 Å². The zero-order valence-corrected chi connectivity index (χ0v) is 7.58. The number of ether oxygens (including phenoxy) is 1. The first kappa shape index (κ1) is 8.26. The normalized spacial score (nSPS) is 33.6. The monoisotopic (exact) mass is 256 g/mol. The van der Waals surface area contributed by atoms with E-state index >= 15 is 0 Å². The highest BCUT2D eigenvalue weighted by molar-refractivity contribution is 14.1. The van der Waals surface area contributed by atoms with E-state index in [2.05, 4.69) is 22.6 Å². The molecule has 1 N–H and O–H groups in total. The molecule has 0 saturated carbocycles. The molecule has 1 heterocycles. The van der Waals surface area contributed by atoms with Crippen molar-refractivity contribution in [3.63, 3.8) is 0 Å². The van der Waals surface area contributed by atoms with Crippen LogP contribution < -0.4 is 0 Å². The molecule has 0 amide bonds. The average Bonchev–Trinajstić information content (AvgIpc) is 1.85. The van der Waals surface area contributed by atoms with Crippen molar-refractivity contribution < 1.29 is 14.6 Å². The average molecular weight is 256 g/mol. The fourth-order valence-corrected chi connectivity index (χ4v) is 1.50. The Hall–Kier alpha value is 0.160. The summed E-state index contributed by atoms with van der Waals surface area (Å²) in [7, 11) is 0. The summed E-state index contributed by atoms with van der Waals surface area (Å²) in [6.07, 6.45) is 0.194. The van der Waals surface area contributed by atoms with Crippen molar-refractivity contribution in [2.75, 3.05) is 4.43 Å². The molecule has 0 unspecified atom stereocenters. The van der Waals surface area contributed by atoms with Crippen molar-refractivity contribution in [2.45, 2.75) is 25.0 Å². The number of esters is 1. The Kier molecular flexibility index (Phi) is 2.91. The number of aliphatic hydroxyl groups excluding tert-OH is 1. The lowest BCUT2D eigenvalue weighted by atomic mass is 10.1. The minimum Gasteiger partial charge on any atom is -0.461 e. The summed E-state index contributed by atoms with van der Waals surface area (Å²) in [6.45, 7) is 0. The Labute approximate surface area is 72.9 Å². The fraction of sp³-hybridized carbons (Fsp3) is 0.833. The van der Waals surface area contributed by atoms with Crippen molar-refractivity contribution in [1.82, 2.24) is 0 Å². The van der Waals surface area contributed by atoms with Gasteiger partial charge in [-0.15, -0.1) is 0 Å². The molecular formula is C6H9IO3. The van der Waals surface area contributed by atoms with Crippen LogP contribution in [0.25, 0.3) is 0 Å². The second kappa shape index (κ2) is 3.52. The van der Waals surface area contributed by atoms with E-state index < -0.39 is 6.10 Å². The van der Waals surface area contributed by atoms with Gasteiger partial charge in [-0.05, 0) is 0 Å². The Morgan fingerprint density at radius 1 is 1.80 bits per heavy atom. The SMILES string of the molecule is O=C1C[C@H](O)C[C@@H](CI)O1. The van der Waals surface area contributed by atoms with E-state index in [1.807, 2.05) is 0 Å². The first-order chi connectivity index (χ1) is 4.72. The maximum atomic E-state index is 10.7. The summed E-state index contributed by atoms with van der Waals surface area (Å²) in [6, 6.07) is 0. The molecule has 10 heavy (non-hydrogen) atoms. The fourth-order valence-electron chi connectivity index (χ4n) is 0.956. The molecule has 1 aliphatic heterocycles. The third-order valence-corrected chi connectivity index (χ3v) is 2.39. The van der Waals surface area contributed by atoms with Gasteiger partial charge in [0.05, 0.1) is 12.5 Å². The van der Waals surface area contributed by atoms with Crippen LogP contribution in [-0.4, -0.2) is 27.7 Å². The van der Waals surface area contributed by atoms with Crippen molar-refractivity contribution in [1.29, 1.82) is 0 Å². The van der Waals surface area contributed by atoms with Crippen LogP contribution in [0.2, 0.25) is 0 Å². The Balaban J connectivity index is 2.42. The molecule has 2 atom stereocenters. The third-order valence-electron chi connectivity index (χ3n) is 1.41. The quantitative estimate of drug-likeness (QED) is 0.422. The highest BCUT2D eigenvalue weighted by atomic mass is 127. The lowest BCUT2D eigenvalue weighted by Gasteiger charge is -2.23. The van der Waals surface area contributed by atoms with Crippen LogP contribution >= 0.6 is 22.6 Å². The van der Waals surface area contributed by atoms with E-state index in [9.17, 15) is 4.79 Å². The molecule has 1 fully saturated rings. The van der Waals surface area contributed by atoms with Gasteiger partial charge in [0.15, 0.2) is 0 Å². The Morgan fingerprint density at radius 2 is 2.50 bits per heavy atom. The summed E-state index contributed by atoms with van der Waals surface area (Å²) in [5, 5.41) is 9.08. The molecule has 0 bridgehead atoms. The summed E-state index contributed by atoms with van der Waals surface area (Å²) < 4.78 is 5.66. The minimum atomic E-state index is -0.485. The van der Waals surface area contributed by atoms with Crippen molar-refractivity contribution in [3.05, 3.63) is 0 Å². The molecule has 0 aromatic heterocycles. The summed E-state index contributed by atoms with van der Waals surface area (Å²) >= 11 is 2.14. The number of cyclic esters (lactones) is 1. The predicted molar refractivity (Wildman–Crippen MR) is 44.0 cm³/mol. The Bertz CT molecular complexity index is 137. The molecule has 3 nitrogen and oxygen atoms in total. The van der Waals surface area contributed by atoms with Gasteiger partial charge in [-0.25, -0.2) is 0 Å². The van der Waals surface area contributed by atoms with Crippen molar-refractivity contribution in [2.24, 2.45) is 0 Å². The van der Waals surface area contributed by atoms with Gasteiger partial charge in [0, 0.05) is 10.8 Å². The molecule has 1 saturated heterocycles. The molecule has 58 valence electrons. The zero-order chi connectivity index (χ0) is 7.56. The van der Waals surface area contributed by atoms with Crippen LogP contribution in [0.5, 0.6) is 0 Å². The van der Waals surface area contributed by atoms with Crippen LogP contribution in [-0.2, 0) is 9.53 Å². The van der Waals surface area contributed by atoms with Crippen molar-refractivity contribution >= 4 is 28.6 Å². The van der Waals surface area contributed by atoms with E-state index in [1.54, 1.807) is 0 Å². The second-order valence-corrected chi connectivity index (χ2v) is 3.24. The molecular weight excluding hydrogens is 247 g/mol. The summed E-state index contributed by atoms with van der Waals surface area (Å²) in [4.78, 5) is 10.7. The van der Waals surface area contributed by atoms with Gasteiger partial charge in [0.1, 0.15) is 6.10 Å². The Morgan fingerprint density at radius 3 is 3.00 bits per heavy atom. The topological polar surface area (TPSA) is 46.5 Å². The molecule has 0 radical (unpaired) electrons. The number of hydrogen-bond acceptors (Lipinski definition) is 3. The van der Waals surface area contributed by atoms with Crippen LogP contribution in [0, 0.1) is 0 Å². The van der Waals surface area contributed by atoms with Crippen LogP contribution in [0.4, 0.5) is 0 Å². The van der Waals surface area contributed by atoms with E-state index in [0.717, 1.165) is 4.43 Å². The molecule has 0 aromatic rings. The first-order valence-electron chi connectivity index (χ1n) is 3.16. The number of carbonyl (C=O) groups excluding carboxylic acids is 1. The smallest absolute Gasteiger partial charge is 0.308 e. The van der Waals surface area contributed by atoms with E-state index in [-0.39, 0.29) is 18.5 Å². The van der Waals surface area contributed by atoms with Gasteiger partial charge >= 0.3 is 5.97 Å².